The predicted octanol–water partition coefficient (Wildman–Crippen LogP) is 3.45. The summed E-state index contributed by atoms with van der Waals surface area (Å²) in [7, 11) is 0. The van der Waals surface area contributed by atoms with Crippen molar-refractivity contribution in [3.8, 4) is 0 Å². The van der Waals surface area contributed by atoms with Gasteiger partial charge in [0.05, 0.1) is 0 Å². The van der Waals surface area contributed by atoms with Gasteiger partial charge < -0.3 is 0 Å². The topological polar surface area (TPSA) is 25.8 Å². The molecule has 0 aromatic carbocycles. The second-order valence-electron chi connectivity index (χ2n) is 3.84. The molecule has 0 aliphatic heterocycles. The van der Waals surface area contributed by atoms with Crippen LogP contribution in [-0.2, 0) is 0 Å². The first kappa shape index (κ1) is 12.1. The van der Waals surface area contributed by atoms with E-state index >= 15 is 0 Å². The fraction of sp³-hybridized carbons (Fsp3) is 0.778. The third-order valence-corrected chi connectivity index (χ3v) is 6.87. The van der Waals surface area contributed by atoms with E-state index in [0.717, 1.165) is 20.2 Å². The molecule has 1 aliphatic carbocycles. The summed E-state index contributed by atoms with van der Waals surface area (Å²) < 4.78 is 2.17. The molecule has 0 bridgehead atoms. The third-order valence-electron chi connectivity index (χ3n) is 2.81. The lowest BCUT2D eigenvalue weighted by molar-refractivity contribution is 0.205. The Morgan fingerprint density at radius 1 is 1.40 bits per heavy atom. The van der Waals surface area contributed by atoms with Gasteiger partial charge in [-0.3, -0.25) is 0 Å². The molecule has 6 heteroatoms. The average molecular weight is 278 g/mol. The summed E-state index contributed by atoms with van der Waals surface area (Å²) in [6.45, 7) is 0. The Bertz CT molecular complexity index is 316. The molecule has 0 saturated heterocycles. The Morgan fingerprint density at radius 3 is 2.60 bits per heavy atom. The molecule has 1 heterocycles. The van der Waals surface area contributed by atoms with Crippen LogP contribution < -0.4 is 0 Å². The third kappa shape index (κ3) is 2.84. The molecular weight excluding hydrogens is 264 g/mol. The van der Waals surface area contributed by atoms with Gasteiger partial charge in [0.2, 0.25) is 0 Å². The predicted molar refractivity (Wildman–Crippen MR) is 72.6 cm³/mol. The SMILES string of the molecule is CSc1nnc(SCC2(CS)CCC2)s1. The van der Waals surface area contributed by atoms with Crippen LogP contribution in [0.2, 0.25) is 0 Å². The molecule has 0 N–H and O–H groups in total. The Labute approximate surface area is 108 Å². The van der Waals surface area contributed by atoms with Crippen molar-refractivity contribution in [2.24, 2.45) is 5.41 Å². The fourth-order valence-electron chi connectivity index (χ4n) is 1.58. The summed E-state index contributed by atoms with van der Waals surface area (Å²) in [5, 5.41) is 8.27. The highest BCUT2D eigenvalue weighted by Crippen LogP contribution is 2.45. The zero-order chi connectivity index (χ0) is 10.7. The fourth-order valence-corrected chi connectivity index (χ4v) is 4.89. The van der Waals surface area contributed by atoms with Crippen LogP contribution in [0.15, 0.2) is 8.68 Å². The van der Waals surface area contributed by atoms with Crippen molar-refractivity contribution in [1.82, 2.24) is 10.2 Å². The van der Waals surface area contributed by atoms with Crippen molar-refractivity contribution in [3.05, 3.63) is 0 Å². The van der Waals surface area contributed by atoms with Crippen LogP contribution in [0.3, 0.4) is 0 Å². The van der Waals surface area contributed by atoms with Crippen molar-refractivity contribution in [1.29, 1.82) is 0 Å². The number of rotatable bonds is 5. The van der Waals surface area contributed by atoms with Gasteiger partial charge >= 0.3 is 0 Å². The molecule has 1 aromatic heterocycles. The van der Waals surface area contributed by atoms with Gasteiger partial charge in [-0.25, -0.2) is 0 Å². The molecule has 0 atom stereocenters. The van der Waals surface area contributed by atoms with E-state index in [1.807, 2.05) is 18.0 Å². The highest BCUT2D eigenvalue weighted by molar-refractivity contribution is 8.03. The molecule has 15 heavy (non-hydrogen) atoms. The number of hydrogen-bond acceptors (Lipinski definition) is 6. The lowest BCUT2D eigenvalue weighted by Crippen LogP contribution is -2.33. The summed E-state index contributed by atoms with van der Waals surface area (Å²) in [6, 6.07) is 0. The maximum absolute atomic E-state index is 4.45. The number of aromatic nitrogens is 2. The van der Waals surface area contributed by atoms with Gasteiger partial charge in [-0.2, -0.15) is 12.6 Å². The molecule has 0 amide bonds. The Morgan fingerprint density at radius 2 is 2.13 bits per heavy atom. The molecule has 0 radical (unpaired) electrons. The van der Waals surface area contributed by atoms with E-state index in [2.05, 4.69) is 22.8 Å². The minimum Gasteiger partial charge on any atom is -0.179 e. The molecule has 2 nitrogen and oxygen atoms in total. The number of nitrogens with zero attached hydrogens (tertiary/aromatic N) is 2. The summed E-state index contributed by atoms with van der Waals surface area (Å²) >= 11 is 9.66. The van der Waals surface area contributed by atoms with Crippen LogP contribution in [0.5, 0.6) is 0 Å². The normalized spacial score (nSPS) is 18.8. The van der Waals surface area contributed by atoms with Crippen LogP contribution >= 0.6 is 47.5 Å². The number of thioether (sulfide) groups is 2. The van der Waals surface area contributed by atoms with E-state index < -0.39 is 0 Å². The summed E-state index contributed by atoms with van der Waals surface area (Å²) in [5.74, 6) is 2.16. The van der Waals surface area contributed by atoms with E-state index in [9.17, 15) is 0 Å². The summed E-state index contributed by atoms with van der Waals surface area (Å²) in [6.07, 6.45) is 6.07. The Hall–Kier alpha value is 0.610. The molecular formula is C9H14N2S4. The minimum atomic E-state index is 0.485. The van der Waals surface area contributed by atoms with Crippen LogP contribution in [0.1, 0.15) is 19.3 Å². The van der Waals surface area contributed by atoms with Crippen molar-refractivity contribution in [2.75, 3.05) is 17.8 Å². The van der Waals surface area contributed by atoms with Crippen molar-refractivity contribution >= 4 is 47.5 Å². The second-order valence-corrected chi connectivity index (χ2v) is 7.41. The van der Waals surface area contributed by atoms with Gasteiger partial charge in [0.25, 0.3) is 0 Å². The zero-order valence-corrected chi connectivity index (χ0v) is 11.9. The highest BCUT2D eigenvalue weighted by Gasteiger charge is 2.35. The highest BCUT2D eigenvalue weighted by atomic mass is 32.2. The number of hydrogen-bond donors (Lipinski definition) is 1. The van der Waals surface area contributed by atoms with Gasteiger partial charge in [-0.05, 0) is 30.3 Å². The first-order chi connectivity index (χ1) is 7.28. The molecule has 84 valence electrons. The minimum absolute atomic E-state index is 0.485. The van der Waals surface area contributed by atoms with Crippen molar-refractivity contribution in [3.63, 3.8) is 0 Å². The second kappa shape index (κ2) is 5.29. The van der Waals surface area contributed by atoms with E-state index in [4.69, 9.17) is 0 Å². The summed E-state index contributed by atoms with van der Waals surface area (Å²) in [4.78, 5) is 0. The maximum Gasteiger partial charge on any atom is 0.175 e. The lowest BCUT2D eigenvalue weighted by Gasteiger charge is -2.40. The first-order valence-electron chi connectivity index (χ1n) is 4.89. The van der Waals surface area contributed by atoms with Gasteiger partial charge in [0, 0.05) is 5.75 Å². The van der Waals surface area contributed by atoms with E-state index in [0.29, 0.717) is 5.41 Å². The van der Waals surface area contributed by atoms with Crippen LogP contribution in [0.4, 0.5) is 0 Å². The molecule has 1 saturated carbocycles. The van der Waals surface area contributed by atoms with Gasteiger partial charge in [-0.15, -0.1) is 10.2 Å². The Kier molecular flexibility index (Phi) is 4.26. The maximum atomic E-state index is 4.45. The standard InChI is InChI=1S/C9H14N2S4/c1-13-7-10-11-8(15-7)14-6-9(5-12)3-2-4-9/h12H,2-6H2,1H3. The molecule has 0 spiro atoms. The van der Waals surface area contributed by atoms with E-state index in [-0.39, 0.29) is 0 Å². The zero-order valence-electron chi connectivity index (χ0n) is 8.60. The van der Waals surface area contributed by atoms with Gasteiger partial charge in [0.15, 0.2) is 8.68 Å². The Balaban J connectivity index is 1.86. The molecule has 1 fully saturated rings. The molecule has 1 aromatic rings. The van der Waals surface area contributed by atoms with Crippen LogP contribution in [-0.4, -0.2) is 28.0 Å². The monoisotopic (exact) mass is 278 g/mol. The average Bonchev–Trinajstić information content (AvgIpc) is 2.65. The number of thiol groups is 1. The van der Waals surface area contributed by atoms with Gasteiger partial charge in [-0.1, -0.05) is 41.3 Å². The van der Waals surface area contributed by atoms with Gasteiger partial charge in [0.1, 0.15) is 0 Å². The van der Waals surface area contributed by atoms with E-state index in [1.54, 1.807) is 23.1 Å². The molecule has 1 aliphatic rings. The van der Waals surface area contributed by atoms with Crippen LogP contribution in [0, 0.1) is 5.41 Å². The quantitative estimate of drug-likeness (QED) is 0.659. The van der Waals surface area contributed by atoms with Crippen molar-refractivity contribution in [2.45, 2.75) is 27.9 Å². The summed E-state index contributed by atoms with van der Waals surface area (Å²) in [5.41, 5.74) is 0.485. The smallest absolute Gasteiger partial charge is 0.175 e. The first-order valence-corrected chi connectivity index (χ1v) is 8.55. The molecule has 2 rings (SSSR count). The van der Waals surface area contributed by atoms with Crippen molar-refractivity contribution < 1.29 is 0 Å². The van der Waals surface area contributed by atoms with Crippen LogP contribution in [0.25, 0.3) is 0 Å². The lowest BCUT2D eigenvalue weighted by atomic mass is 9.72. The molecule has 0 unspecified atom stereocenters. The van der Waals surface area contributed by atoms with E-state index in [1.165, 1.54) is 19.3 Å². The largest absolute Gasteiger partial charge is 0.179 e.